The van der Waals surface area contributed by atoms with Crippen molar-refractivity contribution in [3.63, 3.8) is 0 Å². The second-order valence-corrected chi connectivity index (χ2v) is 8.35. The molecule has 6 nitrogen and oxygen atoms in total. The number of nitrogens with one attached hydrogen (secondary N) is 2. The van der Waals surface area contributed by atoms with Gasteiger partial charge < -0.3 is 10.6 Å². The van der Waals surface area contributed by atoms with Crippen LogP contribution in [0.5, 0.6) is 0 Å². The van der Waals surface area contributed by atoms with Gasteiger partial charge in [0.25, 0.3) is 0 Å². The maximum absolute atomic E-state index is 12.5. The lowest BCUT2D eigenvalue weighted by atomic mass is 9.81. The summed E-state index contributed by atoms with van der Waals surface area (Å²) in [6.45, 7) is 9.19. The molecule has 0 spiro atoms. The van der Waals surface area contributed by atoms with Crippen LogP contribution in [0.25, 0.3) is 16.6 Å². The number of fused-ring (bicyclic) bond motifs is 3. The van der Waals surface area contributed by atoms with Gasteiger partial charge in [-0.2, -0.15) is 5.10 Å². The van der Waals surface area contributed by atoms with Gasteiger partial charge >= 0.3 is 0 Å². The predicted octanol–water partition coefficient (Wildman–Crippen LogP) is 2.94. The standard InChI is InChI=1S/C22H29N5O/c1-15-17(8-9-20(28)24-14-22(3)10-12-23-13-11-22)16(2)27-21(25-15)18-6-4-5-7-19(18)26-27/h4-7,23H,8-14H2,1-3H3,(H,24,28). The third-order valence-electron chi connectivity index (χ3n) is 6.14. The molecule has 1 fully saturated rings. The first-order valence-corrected chi connectivity index (χ1v) is 10.2. The van der Waals surface area contributed by atoms with Gasteiger partial charge in [0.05, 0.1) is 5.52 Å². The minimum Gasteiger partial charge on any atom is -0.356 e. The largest absolute Gasteiger partial charge is 0.356 e. The number of nitrogens with zero attached hydrogens (tertiary/aromatic N) is 3. The highest BCUT2D eigenvalue weighted by Crippen LogP contribution is 2.27. The van der Waals surface area contributed by atoms with E-state index in [0.717, 1.165) is 66.0 Å². The molecule has 2 aromatic heterocycles. The molecule has 1 amide bonds. The minimum absolute atomic E-state index is 0.115. The van der Waals surface area contributed by atoms with E-state index in [2.05, 4.69) is 30.5 Å². The maximum Gasteiger partial charge on any atom is 0.220 e. The molecule has 0 radical (unpaired) electrons. The molecule has 0 saturated carbocycles. The van der Waals surface area contributed by atoms with Gasteiger partial charge in [-0.25, -0.2) is 9.50 Å². The van der Waals surface area contributed by atoms with Crippen molar-refractivity contribution in [1.82, 2.24) is 25.2 Å². The molecule has 0 aliphatic carbocycles. The van der Waals surface area contributed by atoms with Crippen LogP contribution in [0.1, 0.15) is 43.1 Å². The van der Waals surface area contributed by atoms with E-state index >= 15 is 0 Å². The molecule has 6 heteroatoms. The first kappa shape index (κ1) is 18.9. The second-order valence-electron chi connectivity index (χ2n) is 8.35. The van der Waals surface area contributed by atoms with Crippen LogP contribution in [0, 0.1) is 19.3 Å². The number of benzene rings is 1. The van der Waals surface area contributed by atoms with Crippen LogP contribution in [0.2, 0.25) is 0 Å². The Balaban J connectivity index is 1.47. The highest BCUT2D eigenvalue weighted by molar-refractivity contribution is 5.92. The molecule has 1 aromatic carbocycles. The summed E-state index contributed by atoms with van der Waals surface area (Å²) in [5, 5.41) is 12.3. The van der Waals surface area contributed by atoms with E-state index in [9.17, 15) is 4.79 Å². The highest BCUT2D eigenvalue weighted by Gasteiger charge is 2.27. The van der Waals surface area contributed by atoms with Crippen LogP contribution in [0.15, 0.2) is 24.3 Å². The van der Waals surface area contributed by atoms with Gasteiger partial charge in [-0.15, -0.1) is 0 Å². The Kier molecular flexibility index (Phi) is 5.06. The highest BCUT2D eigenvalue weighted by atomic mass is 16.1. The fourth-order valence-corrected chi connectivity index (χ4v) is 4.18. The Morgan fingerprint density at radius 3 is 2.79 bits per heavy atom. The van der Waals surface area contributed by atoms with Gasteiger partial charge in [0.2, 0.25) is 5.91 Å². The summed E-state index contributed by atoms with van der Waals surface area (Å²) in [7, 11) is 0. The average molecular weight is 380 g/mol. The Morgan fingerprint density at radius 2 is 2.00 bits per heavy atom. The van der Waals surface area contributed by atoms with Crippen molar-refractivity contribution in [2.45, 2.75) is 46.5 Å². The topological polar surface area (TPSA) is 71.3 Å². The molecule has 3 heterocycles. The van der Waals surface area contributed by atoms with Gasteiger partial charge in [0, 0.05) is 29.7 Å². The number of hydrogen-bond donors (Lipinski definition) is 2. The summed E-state index contributed by atoms with van der Waals surface area (Å²) in [6, 6.07) is 8.06. The van der Waals surface area contributed by atoms with Gasteiger partial charge in [0.15, 0.2) is 5.65 Å². The molecule has 0 bridgehead atoms. The first-order valence-electron chi connectivity index (χ1n) is 10.2. The summed E-state index contributed by atoms with van der Waals surface area (Å²) < 4.78 is 1.92. The molecule has 1 aliphatic heterocycles. The zero-order chi connectivity index (χ0) is 19.7. The smallest absolute Gasteiger partial charge is 0.220 e. The van der Waals surface area contributed by atoms with Crippen molar-refractivity contribution in [2.75, 3.05) is 19.6 Å². The fourth-order valence-electron chi connectivity index (χ4n) is 4.18. The Hall–Kier alpha value is -2.47. The SMILES string of the molecule is Cc1nc2c3ccccc3nn2c(C)c1CCC(=O)NCC1(C)CCNCC1. The van der Waals surface area contributed by atoms with E-state index in [1.807, 2.05) is 29.6 Å². The average Bonchev–Trinajstić information content (AvgIpc) is 3.06. The van der Waals surface area contributed by atoms with Gasteiger partial charge in [-0.1, -0.05) is 19.1 Å². The van der Waals surface area contributed by atoms with E-state index in [1.54, 1.807) is 0 Å². The number of amides is 1. The van der Waals surface area contributed by atoms with Crippen molar-refractivity contribution in [3.8, 4) is 0 Å². The molecule has 3 aromatic rings. The van der Waals surface area contributed by atoms with Gasteiger partial charge in [-0.05, 0) is 69.3 Å². The number of carbonyl (C=O) groups is 1. The summed E-state index contributed by atoms with van der Waals surface area (Å²) in [6.07, 6.45) is 3.38. The first-order chi connectivity index (χ1) is 13.5. The maximum atomic E-state index is 12.5. The van der Waals surface area contributed by atoms with Crippen LogP contribution >= 0.6 is 0 Å². The zero-order valence-corrected chi connectivity index (χ0v) is 17.0. The molecule has 1 saturated heterocycles. The van der Waals surface area contributed by atoms with E-state index < -0.39 is 0 Å². The van der Waals surface area contributed by atoms with Crippen LogP contribution in [-0.2, 0) is 11.2 Å². The van der Waals surface area contributed by atoms with E-state index in [-0.39, 0.29) is 11.3 Å². The molecule has 4 rings (SSSR count). The lowest BCUT2D eigenvalue weighted by Crippen LogP contribution is -2.42. The summed E-state index contributed by atoms with van der Waals surface area (Å²) >= 11 is 0. The van der Waals surface area contributed by atoms with Crippen LogP contribution in [0.3, 0.4) is 0 Å². The number of carbonyl (C=O) groups excluding carboxylic acids is 1. The summed E-state index contributed by atoms with van der Waals surface area (Å²) in [5.74, 6) is 0.115. The van der Waals surface area contributed by atoms with Gasteiger partial charge in [-0.3, -0.25) is 4.79 Å². The number of rotatable bonds is 5. The number of aromatic nitrogens is 3. The molecule has 0 unspecified atom stereocenters. The Morgan fingerprint density at radius 1 is 1.25 bits per heavy atom. The van der Waals surface area contributed by atoms with Crippen molar-refractivity contribution in [2.24, 2.45) is 5.41 Å². The predicted molar refractivity (Wildman–Crippen MR) is 112 cm³/mol. The van der Waals surface area contributed by atoms with E-state index in [4.69, 9.17) is 10.1 Å². The Bertz CT molecular complexity index is 1020. The van der Waals surface area contributed by atoms with Crippen molar-refractivity contribution >= 4 is 22.5 Å². The summed E-state index contributed by atoms with van der Waals surface area (Å²) in [4.78, 5) is 17.3. The molecule has 1 aliphatic rings. The second kappa shape index (κ2) is 7.51. The van der Waals surface area contributed by atoms with Crippen molar-refractivity contribution in [1.29, 1.82) is 0 Å². The normalized spacial score (nSPS) is 16.5. The van der Waals surface area contributed by atoms with Crippen molar-refractivity contribution in [3.05, 3.63) is 41.2 Å². The van der Waals surface area contributed by atoms with Crippen molar-refractivity contribution < 1.29 is 4.79 Å². The molecule has 0 atom stereocenters. The minimum atomic E-state index is 0.115. The lowest BCUT2D eigenvalue weighted by molar-refractivity contribution is -0.121. The molecular weight excluding hydrogens is 350 g/mol. The number of aryl methyl sites for hydroxylation is 2. The quantitative estimate of drug-likeness (QED) is 0.715. The van der Waals surface area contributed by atoms with E-state index in [1.165, 1.54) is 0 Å². The molecule has 2 N–H and O–H groups in total. The van der Waals surface area contributed by atoms with Crippen LogP contribution < -0.4 is 10.6 Å². The number of piperidine rings is 1. The van der Waals surface area contributed by atoms with Crippen LogP contribution in [-0.4, -0.2) is 40.1 Å². The summed E-state index contributed by atoms with van der Waals surface area (Å²) in [5.41, 5.74) is 5.21. The molecule has 28 heavy (non-hydrogen) atoms. The third-order valence-corrected chi connectivity index (χ3v) is 6.14. The monoisotopic (exact) mass is 379 g/mol. The van der Waals surface area contributed by atoms with Crippen LogP contribution in [0.4, 0.5) is 0 Å². The zero-order valence-electron chi connectivity index (χ0n) is 17.0. The third kappa shape index (κ3) is 3.61. The Labute approximate surface area is 165 Å². The molecular formula is C22H29N5O. The number of hydrogen-bond acceptors (Lipinski definition) is 4. The lowest BCUT2D eigenvalue weighted by Gasteiger charge is -2.34. The van der Waals surface area contributed by atoms with E-state index in [0.29, 0.717) is 12.8 Å². The molecule has 148 valence electrons. The fraction of sp³-hybridized carbons (Fsp3) is 0.500. The van der Waals surface area contributed by atoms with Gasteiger partial charge in [0.1, 0.15) is 0 Å².